The van der Waals surface area contributed by atoms with E-state index in [4.69, 9.17) is 0 Å². The van der Waals surface area contributed by atoms with E-state index in [-0.39, 0.29) is 30.9 Å². The second kappa shape index (κ2) is 6.76. The fourth-order valence-corrected chi connectivity index (χ4v) is 2.62. The standard InChI is InChI=1S/C19H19N3O3/c1-12-3-4-13(2)16(9-12)21-18(24)15-7-5-14(6-8-15)11-22-17(23)10-20-19(22)25/h3-9H,10-11H2,1-2H3,(H,20,25)(H,21,24). The number of rotatable bonds is 4. The van der Waals surface area contributed by atoms with E-state index in [2.05, 4.69) is 10.6 Å². The summed E-state index contributed by atoms with van der Waals surface area (Å²) < 4.78 is 0. The fraction of sp³-hybridized carbons (Fsp3) is 0.211. The van der Waals surface area contributed by atoms with Crippen LogP contribution < -0.4 is 10.6 Å². The summed E-state index contributed by atoms with van der Waals surface area (Å²) >= 11 is 0. The van der Waals surface area contributed by atoms with Crippen LogP contribution in [-0.4, -0.2) is 29.3 Å². The van der Waals surface area contributed by atoms with Crippen molar-refractivity contribution in [3.05, 3.63) is 64.7 Å². The van der Waals surface area contributed by atoms with E-state index in [1.165, 1.54) is 0 Å². The molecule has 6 nitrogen and oxygen atoms in total. The van der Waals surface area contributed by atoms with E-state index in [0.717, 1.165) is 27.3 Å². The lowest BCUT2D eigenvalue weighted by Gasteiger charge is -2.13. The molecule has 0 aromatic heterocycles. The normalized spacial score (nSPS) is 13.8. The number of imide groups is 1. The van der Waals surface area contributed by atoms with Crippen molar-refractivity contribution >= 4 is 23.5 Å². The first kappa shape index (κ1) is 16.7. The molecule has 1 aliphatic heterocycles. The van der Waals surface area contributed by atoms with Gasteiger partial charge in [-0.1, -0.05) is 24.3 Å². The maximum Gasteiger partial charge on any atom is 0.324 e. The molecule has 0 spiro atoms. The lowest BCUT2D eigenvalue weighted by Crippen LogP contribution is -2.30. The topological polar surface area (TPSA) is 78.5 Å². The maximum absolute atomic E-state index is 12.4. The number of aryl methyl sites for hydroxylation is 2. The van der Waals surface area contributed by atoms with Gasteiger partial charge in [0.25, 0.3) is 5.91 Å². The van der Waals surface area contributed by atoms with Crippen molar-refractivity contribution in [2.24, 2.45) is 0 Å². The summed E-state index contributed by atoms with van der Waals surface area (Å²) in [5, 5.41) is 5.39. The highest BCUT2D eigenvalue weighted by molar-refractivity contribution is 6.04. The number of amides is 4. The van der Waals surface area contributed by atoms with Crippen LogP contribution in [0.2, 0.25) is 0 Å². The van der Waals surface area contributed by atoms with Crippen molar-refractivity contribution in [2.45, 2.75) is 20.4 Å². The van der Waals surface area contributed by atoms with Gasteiger partial charge >= 0.3 is 6.03 Å². The third-order valence-electron chi connectivity index (χ3n) is 4.14. The smallest absolute Gasteiger partial charge is 0.324 e. The fourth-order valence-electron chi connectivity index (χ4n) is 2.62. The second-order valence-electron chi connectivity index (χ2n) is 6.11. The number of hydrogen-bond donors (Lipinski definition) is 2. The molecular weight excluding hydrogens is 318 g/mol. The molecule has 2 aromatic rings. The van der Waals surface area contributed by atoms with Crippen molar-refractivity contribution in [1.29, 1.82) is 0 Å². The van der Waals surface area contributed by atoms with E-state index in [0.29, 0.717) is 5.56 Å². The number of hydrogen-bond acceptors (Lipinski definition) is 3. The Balaban J connectivity index is 1.69. The average molecular weight is 337 g/mol. The summed E-state index contributed by atoms with van der Waals surface area (Å²) in [5.74, 6) is -0.447. The quantitative estimate of drug-likeness (QED) is 0.842. The minimum Gasteiger partial charge on any atom is -0.329 e. The zero-order chi connectivity index (χ0) is 18.0. The van der Waals surface area contributed by atoms with Gasteiger partial charge in [0.15, 0.2) is 0 Å². The molecule has 3 rings (SSSR count). The van der Waals surface area contributed by atoms with Crippen molar-refractivity contribution in [3.63, 3.8) is 0 Å². The molecule has 6 heteroatoms. The molecule has 0 atom stereocenters. The number of nitrogens with one attached hydrogen (secondary N) is 2. The largest absolute Gasteiger partial charge is 0.329 e. The Morgan fingerprint density at radius 2 is 1.84 bits per heavy atom. The summed E-state index contributed by atoms with van der Waals surface area (Å²) in [4.78, 5) is 36.7. The van der Waals surface area contributed by atoms with Crippen LogP contribution in [0.25, 0.3) is 0 Å². The molecule has 0 radical (unpaired) electrons. The minimum absolute atomic E-state index is 0.0369. The van der Waals surface area contributed by atoms with Crippen molar-refractivity contribution in [3.8, 4) is 0 Å². The van der Waals surface area contributed by atoms with Crippen LogP contribution in [0.5, 0.6) is 0 Å². The molecule has 1 fully saturated rings. The molecule has 128 valence electrons. The van der Waals surface area contributed by atoms with Gasteiger partial charge in [-0.3, -0.25) is 14.5 Å². The molecule has 1 aliphatic rings. The van der Waals surface area contributed by atoms with E-state index in [1.54, 1.807) is 24.3 Å². The van der Waals surface area contributed by atoms with Gasteiger partial charge in [0.1, 0.15) is 0 Å². The molecule has 4 amide bonds. The van der Waals surface area contributed by atoms with Gasteiger partial charge in [0.2, 0.25) is 5.91 Å². The van der Waals surface area contributed by atoms with Gasteiger partial charge in [-0.2, -0.15) is 0 Å². The van der Waals surface area contributed by atoms with Crippen LogP contribution >= 0.6 is 0 Å². The van der Waals surface area contributed by atoms with E-state index in [1.807, 2.05) is 32.0 Å². The molecule has 1 heterocycles. The van der Waals surface area contributed by atoms with Crippen LogP contribution in [0.15, 0.2) is 42.5 Å². The van der Waals surface area contributed by atoms with Crippen molar-refractivity contribution in [1.82, 2.24) is 10.2 Å². The zero-order valence-electron chi connectivity index (χ0n) is 14.1. The molecule has 2 aromatic carbocycles. The molecule has 2 N–H and O–H groups in total. The summed E-state index contributed by atoms with van der Waals surface area (Å²) in [7, 11) is 0. The number of urea groups is 1. The molecular formula is C19H19N3O3. The lowest BCUT2D eigenvalue weighted by atomic mass is 10.1. The van der Waals surface area contributed by atoms with Gasteiger partial charge in [0, 0.05) is 11.3 Å². The molecule has 0 saturated carbocycles. The summed E-state index contributed by atoms with van der Waals surface area (Å²) in [6.45, 7) is 4.15. The van der Waals surface area contributed by atoms with E-state index >= 15 is 0 Å². The Morgan fingerprint density at radius 1 is 1.12 bits per heavy atom. The first-order valence-electron chi connectivity index (χ1n) is 8.00. The SMILES string of the molecule is Cc1ccc(C)c(NC(=O)c2ccc(CN3C(=O)CNC3=O)cc2)c1. The zero-order valence-corrected chi connectivity index (χ0v) is 14.1. The highest BCUT2D eigenvalue weighted by atomic mass is 16.2. The summed E-state index contributed by atoms with van der Waals surface area (Å²) in [5.41, 5.74) is 4.16. The van der Waals surface area contributed by atoms with Crippen LogP contribution in [0, 0.1) is 13.8 Å². The highest BCUT2D eigenvalue weighted by Gasteiger charge is 2.28. The van der Waals surface area contributed by atoms with Crippen molar-refractivity contribution in [2.75, 3.05) is 11.9 Å². The van der Waals surface area contributed by atoms with E-state index < -0.39 is 0 Å². The van der Waals surface area contributed by atoms with Gasteiger partial charge in [-0.15, -0.1) is 0 Å². The Kier molecular flexibility index (Phi) is 4.52. The number of benzene rings is 2. The summed E-state index contributed by atoms with van der Waals surface area (Å²) in [6, 6.07) is 12.4. The van der Waals surface area contributed by atoms with Crippen molar-refractivity contribution < 1.29 is 14.4 Å². The number of nitrogens with zero attached hydrogens (tertiary/aromatic N) is 1. The number of carbonyl (C=O) groups excluding carboxylic acids is 3. The third kappa shape index (κ3) is 3.68. The molecule has 25 heavy (non-hydrogen) atoms. The lowest BCUT2D eigenvalue weighted by molar-refractivity contribution is -0.125. The Bertz CT molecular complexity index is 827. The second-order valence-corrected chi connectivity index (χ2v) is 6.11. The first-order valence-corrected chi connectivity index (χ1v) is 8.00. The molecule has 0 bridgehead atoms. The van der Waals surface area contributed by atoms with Gasteiger partial charge in [0.05, 0.1) is 13.1 Å². The number of carbonyl (C=O) groups is 3. The van der Waals surface area contributed by atoms with Gasteiger partial charge in [-0.25, -0.2) is 4.79 Å². The summed E-state index contributed by atoms with van der Waals surface area (Å²) in [6.07, 6.45) is 0. The highest BCUT2D eigenvalue weighted by Crippen LogP contribution is 2.18. The average Bonchev–Trinajstić information content (AvgIpc) is 2.91. The Morgan fingerprint density at radius 3 is 2.48 bits per heavy atom. The van der Waals surface area contributed by atoms with Crippen LogP contribution in [0.1, 0.15) is 27.0 Å². The minimum atomic E-state index is -0.387. The third-order valence-corrected chi connectivity index (χ3v) is 4.14. The predicted octanol–water partition coefficient (Wildman–Crippen LogP) is 2.61. The van der Waals surface area contributed by atoms with Gasteiger partial charge < -0.3 is 10.6 Å². The molecule has 0 aliphatic carbocycles. The van der Waals surface area contributed by atoms with Crippen LogP contribution in [0.3, 0.4) is 0 Å². The van der Waals surface area contributed by atoms with E-state index in [9.17, 15) is 14.4 Å². The first-order chi connectivity index (χ1) is 11.9. The monoisotopic (exact) mass is 337 g/mol. The van der Waals surface area contributed by atoms with Crippen LogP contribution in [0.4, 0.5) is 10.5 Å². The Labute approximate surface area is 145 Å². The molecule has 1 saturated heterocycles. The maximum atomic E-state index is 12.4. The van der Waals surface area contributed by atoms with Gasteiger partial charge in [-0.05, 0) is 48.7 Å². The Hall–Kier alpha value is -3.15. The van der Waals surface area contributed by atoms with Crippen LogP contribution in [-0.2, 0) is 11.3 Å². The predicted molar refractivity (Wildman–Crippen MR) is 94.3 cm³/mol. The number of anilines is 1. The molecule has 0 unspecified atom stereocenters.